The quantitative estimate of drug-likeness (QED) is 0.722. The summed E-state index contributed by atoms with van der Waals surface area (Å²) in [6, 6.07) is 21.8. The number of amides is 1. The minimum absolute atomic E-state index is 0.00309. The van der Waals surface area contributed by atoms with E-state index in [0.717, 1.165) is 23.3 Å². The van der Waals surface area contributed by atoms with E-state index in [4.69, 9.17) is 4.74 Å². The minimum Gasteiger partial charge on any atom is -0.483 e. The Balaban J connectivity index is 1.55. The van der Waals surface area contributed by atoms with Crippen LogP contribution < -0.4 is 10.1 Å². The summed E-state index contributed by atoms with van der Waals surface area (Å²) >= 11 is 0. The van der Waals surface area contributed by atoms with Gasteiger partial charge in [0.1, 0.15) is 5.75 Å². The zero-order valence-electron chi connectivity index (χ0n) is 13.9. The largest absolute Gasteiger partial charge is 0.483 e. The minimum atomic E-state index is -0.147. The Morgan fingerprint density at radius 3 is 2.40 bits per heavy atom. The molecule has 0 unspecified atom stereocenters. The van der Waals surface area contributed by atoms with Crippen molar-refractivity contribution in [1.29, 1.82) is 0 Å². The van der Waals surface area contributed by atoms with Crippen LogP contribution in [0.1, 0.15) is 16.7 Å². The molecule has 25 heavy (non-hydrogen) atoms. The van der Waals surface area contributed by atoms with Crippen molar-refractivity contribution in [3.8, 4) is 5.75 Å². The zero-order chi connectivity index (χ0) is 17.3. The van der Waals surface area contributed by atoms with Gasteiger partial charge in [-0.2, -0.15) is 0 Å². The van der Waals surface area contributed by atoms with Gasteiger partial charge in [-0.1, -0.05) is 48.5 Å². The second-order valence-electron chi connectivity index (χ2n) is 5.69. The van der Waals surface area contributed by atoms with Crippen LogP contribution >= 0.6 is 0 Å². The molecular formula is C21H20N2O2. The van der Waals surface area contributed by atoms with Gasteiger partial charge in [0, 0.05) is 25.4 Å². The number of aromatic nitrogens is 1. The summed E-state index contributed by atoms with van der Waals surface area (Å²) in [5, 5.41) is 2.85. The molecule has 1 N–H and O–H groups in total. The van der Waals surface area contributed by atoms with Crippen LogP contribution in [0.2, 0.25) is 0 Å². The summed E-state index contributed by atoms with van der Waals surface area (Å²) in [6.45, 7) is 0.466. The summed E-state index contributed by atoms with van der Waals surface area (Å²) in [5.74, 6) is 0.594. The van der Waals surface area contributed by atoms with Crippen molar-refractivity contribution in [2.24, 2.45) is 0 Å². The highest BCUT2D eigenvalue weighted by molar-refractivity contribution is 5.77. The fraction of sp³-hybridized carbons (Fsp3) is 0.143. The first-order chi connectivity index (χ1) is 12.3. The molecule has 0 saturated carbocycles. The van der Waals surface area contributed by atoms with Crippen molar-refractivity contribution < 1.29 is 9.53 Å². The molecule has 1 heterocycles. The van der Waals surface area contributed by atoms with Crippen LogP contribution in [0.3, 0.4) is 0 Å². The van der Waals surface area contributed by atoms with E-state index in [0.29, 0.717) is 6.54 Å². The number of para-hydroxylation sites is 1. The number of hydrogen-bond donors (Lipinski definition) is 1. The van der Waals surface area contributed by atoms with Crippen LogP contribution in [-0.4, -0.2) is 17.5 Å². The summed E-state index contributed by atoms with van der Waals surface area (Å²) < 4.78 is 5.74. The molecule has 0 saturated heterocycles. The number of pyridine rings is 1. The van der Waals surface area contributed by atoms with Crippen LogP contribution in [0.25, 0.3) is 0 Å². The van der Waals surface area contributed by atoms with Gasteiger partial charge in [-0.3, -0.25) is 9.78 Å². The highest BCUT2D eigenvalue weighted by Crippen LogP contribution is 2.21. The topological polar surface area (TPSA) is 51.2 Å². The third kappa shape index (κ3) is 5.18. The standard InChI is InChI=1S/C21H20N2O2/c24-21(23-15-18-10-12-22-13-11-18)16-25-20-9-5-4-8-19(20)14-17-6-2-1-3-7-17/h1-13H,14-16H2,(H,23,24). The molecule has 0 fully saturated rings. The van der Waals surface area contributed by atoms with Crippen LogP contribution in [0, 0.1) is 0 Å². The second kappa shape index (κ2) is 8.64. The molecule has 0 aliphatic heterocycles. The molecule has 1 aromatic heterocycles. The smallest absolute Gasteiger partial charge is 0.258 e. The first kappa shape index (κ1) is 16.7. The number of benzene rings is 2. The van der Waals surface area contributed by atoms with Gasteiger partial charge in [0.2, 0.25) is 0 Å². The molecule has 3 aromatic rings. The van der Waals surface area contributed by atoms with Crippen molar-refractivity contribution in [3.05, 3.63) is 95.8 Å². The predicted molar refractivity (Wildman–Crippen MR) is 97.3 cm³/mol. The Labute approximate surface area is 147 Å². The molecule has 0 radical (unpaired) electrons. The van der Waals surface area contributed by atoms with Gasteiger partial charge in [-0.05, 0) is 34.9 Å². The number of nitrogens with one attached hydrogen (secondary N) is 1. The lowest BCUT2D eigenvalue weighted by molar-refractivity contribution is -0.123. The summed E-state index contributed by atoms with van der Waals surface area (Å²) in [4.78, 5) is 16.0. The first-order valence-electron chi connectivity index (χ1n) is 8.21. The second-order valence-corrected chi connectivity index (χ2v) is 5.69. The SMILES string of the molecule is O=C(COc1ccccc1Cc1ccccc1)NCc1ccncc1. The fourth-order valence-corrected chi connectivity index (χ4v) is 2.50. The van der Waals surface area contributed by atoms with Crippen molar-refractivity contribution >= 4 is 5.91 Å². The Hall–Kier alpha value is -3.14. The Kier molecular flexibility index (Phi) is 5.77. The van der Waals surface area contributed by atoms with Crippen LogP contribution in [0.5, 0.6) is 5.75 Å². The Bertz CT molecular complexity index is 804. The van der Waals surface area contributed by atoms with E-state index >= 15 is 0 Å². The Morgan fingerprint density at radius 1 is 0.880 bits per heavy atom. The molecule has 0 bridgehead atoms. The summed E-state index contributed by atoms with van der Waals surface area (Å²) in [7, 11) is 0. The molecule has 0 aliphatic carbocycles. The fourth-order valence-electron chi connectivity index (χ4n) is 2.50. The van der Waals surface area contributed by atoms with E-state index in [-0.39, 0.29) is 12.5 Å². The number of nitrogens with zero attached hydrogens (tertiary/aromatic N) is 1. The molecule has 0 spiro atoms. The molecule has 4 heteroatoms. The maximum absolute atomic E-state index is 12.0. The normalized spacial score (nSPS) is 10.2. The van der Waals surface area contributed by atoms with Crippen LogP contribution in [0.4, 0.5) is 0 Å². The third-order valence-electron chi connectivity index (χ3n) is 3.81. The van der Waals surface area contributed by atoms with E-state index in [1.807, 2.05) is 54.6 Å². The van der Waals surface area contributed by atoms with Crippen molar-refractivity contribution in [1.82, 2.24) is 10.3 Å². The molecular weight excluding hydrogens is 312 g/mol. The lowest BCUT2D eigenvalue weighted by atomic mass is 10.0. The van der Waals surface area contributed by atoms with Crippen LogP contribution in [-0.2, 0) is 17.8 Å². The van der Waals surface area contributed by atoms with E-state index < -0.39 is 0 Å². The lowest BCUT2D eigenvalue weighted by Crippen LogP contribution is -2.28. The molecule has 126 valence electrons. The van der Waals surface area contributed by atoms with Gasteiger partial charge < -0.3 is 10.1 Å². The molecule has 1 amide bonds. The number of rotatable bonds is 7. The van der Waals surface area contributed by atoms with Gasteiger partial charge >= 0.3 is 0 Å². The van der Waals surface area contributed by atoms with E-state index in [2.05, 4.69) is 22.4 Å². The Morgan fingerprint density at radius 2 is 1.60 bits per heavy atom. The van der Waals surface area contributed by atoms with Gasteiger partial charge in [0.25, 0.3) is 5.91 Å². The highest BCUT2D eigenvalue weighted by atomic mass is 16.5. The zero-order valence-corrected chi connectivity index (χ0v) is 13.9. The van der Waals surface area contributed by atoms with E-state index in [1.54, 1.807) is 12.4 Å². The monoisotopic (exact) mass is 332 g/mol. The van der Waals surface area contributed by atoms with Crippen molar-refractivity contribution in [2.75, 3.05) is 6.61 Å². The molecule has 2 aromatic carbocycles. The predicted octanol–water partition coefficient (Wildman–Crippen LogP) is 3.37. The maximum Gasteiger partial charge on any atom is 0.258 e. The maximum atomic E-state index is 12.0. The summed E-state index contributed by atoms with van der Waals surface area (Å²) in [5.41, 5.74) is 3.28. The third-order valence-corrected chi connectivity index (χ3v) is 3.81. The first-order valence-corrected chi connectivity index (χ1v) is 8.21. The summed E-state index contributed by atoms with van der Waals surface area (Å²) in [6.07, 6.45) is 4.19. The number of ether oxygens (including phenoxy) is 1. The number of hydrogen-bond acceptors (Lipinski definition) is 3. The number of carbonyl (C=O) groups excluding carboxylic acids is 1. The van der Waals surface area contributed by atoms with E-state index in [9.17, 15) is 4.79 Å². The molecule has 4 nitrogen and oxygen atoms in total. The van der Waals surface area contributed by atoms with Crippen molar-refractivity contribution in [3.63, 3.8) is 0 Å². The van der Waals surface area contributed by atoms with Crippen molar-refractivity contribution in [2.45, 2.75) is 13.0 Å². The lowest BCUT2D eigenvalue weighted by Gasteiger charge is -2.12. The average molecular weight is 332 g/mol. The van der Waals surface area contributed by atoms with Gasteiger partial charge in [0.15, 0.2) is 6.61 Å². The molecule has 0 atom stereocenters. The van der Waals surface area contributed by atoms with Gasteiger partial charge in [0.05, 0.1) is 0 Å². The average Bonchev–Trinajstić information content (AvgIpc) is 2.67. The molecule has 0 aliphatic rings. The van der Waals surface area contributed by atoms with Crippen LogP contribution in [0.15, 0.2) is 79.1 Å². The van der Waals surface area contributed by atoms with Gasteiger partial charge in [-0.25, -0.2) is 0 Å². The van der Waals surface area contributed by atoms with Gasteiger partial charge in [-0.15, -0.1) is 0 Å². The number of carbonyl (C=O) groups is 1. The molecule has 3 rings (SSSR count). The van der Waals surface area contributed by atoms with E-state index in [1.165, 1.54) is 5.56 Å². The highest BCUT2D eigenvalue weighted by Gasteiger charge is 2.07.